The average molecular weight is 284 g/mol. The Bertz CT molecular complexity index is 595. The Balaban J connectivity index is 2.44. The predicted molar refractivity (Wildman–Crippen MR) is 84.0 cm³/mol. The van der Waals surface area contributed by atoms with Crippen LogP contribution in [0.25, 0.3) is 0 Å². The Kier molecular flexibility index (Phi) is 5.18. The molecule has 20 heavy (non-hydrogen) atoms. The van der Waals surface area contributed by atoms with Gasteiger partial charge in [-0.2, -0.15) is 0 Å². The topological polar surface area (TPSA) is 26.3 Å². The molecule has 102 valence electrons. The Labute approximate surface area is 120 Å². The minimum absolute atomic E-state index is 0.306. The number of ether oxygens (including phenoxy) is 1. The first-order valence-electron chi connectivity index (χ1n) is 6.56. The number of rotatable bonds is 4. The van der Waals surface area contributed by atoms with Crippen LogP contribution in [-0.2, 0) is 9.30 Å². The molecule has 0 saturated heterocycles. The van der Waals surface area contributed by atoms with E-state index in [0.29, 0.717) is 13.2 Å². The highest BCUT2D eigenvalue weighted by molar-refractivity contribution is 7.83. The van der Waals surface area contributed by atoms with E-state index >= 15 is 0 Å². The molecule has 2 nitrogen and oxygen atoms in total. The van der Waals surface area contributed by atoms with Crippen LogP contribution in [0.15, 0.2) is 60.7 Å². The number of benzene rings is 2. The van der Waals surface area contributed by atoms with Gasteiger partial charge in [0.05, 0.1) is 0 Å². The van der Waals surface area contributed by atoms with Gasteiger partial charge in [0.15, 0.2) is 0 Å². The molecule has 0 amide bonds. The molecule has 0 aliphatic carbocycles. The zero-order valence-corrected chi connectivity index (χ0v) is 12.3. The summed E-state index contributed by atoms with van der Waals surface area (Å²) in [7, 11) is -2.91. The van der Waals surface area contributed by atoms with Crippen LogP contribution in [-0.4, -0.2) is 13.2 Å². The fourth-order valence-corrected chi connectivity index (χ4v) is 3.88. The highest BCUT2D eigenvalue weighted by atomic mass is 31.2. The van der Waals surface area contributed by atoms with Gasteiger partial charge in [0, 0.05) is 17.2 Å². The lowest BCUT2D eigenvalue weighted by molar-refractivity contribution is 0.182. The highest BCUT2D eigenvalue weighted by Crippen LogP contribution is 2.41. The maximum Gasteiger partial charge on any atom is 0.210 e. The Morgan fingerprint density at radius 2 is 1.45 bits per heavy atom. The van der Waals surface area contributed by atoms with Gasteiger partial charge in [-0.3, -0.25) is 4.57 Å². The van der Waals surface area contributed by atoms with Gasteiger partial charge >= 0.3 is 0 Å². The molecule has 2 aromatic rings. The molecule has 0 aromatic heterocycles. The van der Waals surface area contributed by atoms with E-state index < -0.39 is 7.14 Å². The van der Waals surface area contributed by atoms with Crippen LogP contribution in [0.1, 0.15) is 6.92 Å². The van der Waals surface area contributed by atoms with Crippen LogP contribution >= 0.6 is 7.14 Å². The van der Waals surface area contributed by atoms with Crippen molar-refractivity contribution < 1.29 is 9.30 Å². The fraction of sp³-hybridized carbons (Fsp3) is 0.176. The minimum Gasteiger partial charge on any atom is -0.369 e. The van der Waals surface area contributed by atoms with Gasteiger partial charge in [-0.15, -0.1) is 0 Å². The normalized spacial score (nSPS) is 10.7. The van der Waals surface area contributed by atoms with Crippen LogP contribution in [0.5, 0.6) is 0 Å². The van der Waals surface area contributed by atoms with Gasteiger partial charge in [0.25, 0.3) is 0 Å². The van der Waals surface area contributed by atoms with Crippen molar-refractivity contribution in [1.82, 2.24) is 0 Å². The summed E-state index contributed by atoms with van der Waals surface area (Å²) in [5.74, 6) is 2.89. The van der Waals surface area contributed by atoms with E-state index in [-0.39, 0.29) is 0 Å². The SMILES string of the molecule is CCOCC#CP(=O)(c1ccccc1)c1ccccc1. The van der Waals surface area contributed by atoms with E-state index in [1.807, 2.05) is 67.6 Å². The summed E-state index contributed by atoms with van der Waals surface area (Å²) < 4.78 is 18.6. The quantitative estimate of drug-likeness (QED) is 0.490. The summed E-state index contributed by atoms with van der Waals surface area (Å²) in [6.45, 7) is 2.82. The molecule has 0 fully saturated rings. The van der Waals surface area contributed by atoms with Crippen molar-refractivity contribution in [3.8, 4) is 11.6 Å². The van der Waals surface area contributed by atoms with E-state index in [0.717, 1.165) is 10.6 Å². The number of hydrogen-bond acceptors (Lipinski definition) is 2. The first-order chi connectivity index (χ1) is 9.77. The van der Waals surface area contributed by atoms with Crippen LogP contribution < -0.4 is 10.6 Å². The Morgan fingerprint density at radius 3 is 1.90 bits per heavy atom. The predicted octanol–water partition coefficient (Wildman–Crippen LogP) is 3.00. The van der Waals surface area contributed by atoms with Crippen molar-refractivity contribution in [1.29, 1.82) is 0 Å². The van der Waals surface area contributed by atoms with E-state index in [4.69, 9.17) is 4.74 Å². The molecular formula is C17H17O2P. The first-order valence-corrected chi connectivity index (χ1v) is 8.27. The fourth-order valence-electron chi connectivity index (χ4n) is 1.85. The maximum atomic E-state index is 13.4. The zero-order valence-electron chi connectivity index (χ0n) is 11.5. The lowest BCUT2D eigenvalue weighted by Crippen LogP contribution is -2.14. The van der Waals surface area contributed by atoms with Gasteiger partial charge in [-0.1, -0.05) is 66.6 Å². The minimum atomic E-state index is -2.91. The van der Waals surface area contributed by atoms with E-state index in [1.54, 1.807) is 0 Å². The third-order valence-corrected chi connectivity index (χ3v) is 5.38. The van der Waals surface area contributed by atoms with Crippen molar-refractivity contribution in [2.45, 2.75) is 6.92 Å². The molecule has 0 bridgehead atoms. The molecule has 2 aromatic carbocycles. The molecule has 0 atom stereocenters. The molecule has 0 N–H and O–H groups in total. The van der Waals surface area contributed by atoms with Crippen LogP contribution in [0.4, 0.5) is 0 Å². The molecule has 0 spiro atoms. The van der Waals surface area contributed by atoms with E-state index in [1.165, 1.54) is 0 Å². The van der Waals surface area contributed by atoms with E-state index in [9.17, 15) is 4.57 Å². The summed E-state index contributed by atoms with van der Waals surface area (Å²) in [4.78, 5) is 0. The summed E-state index contributed by atoms with van der Waals surface area (Å²) in [5.41, 5.74) is 2.94. The molecule has 0 unspecified atom stereocenters. The third kappa shape index (κ3) is 3.39. The smallest absolute Gasteiger partial charge is 0.210 e. The van der Waals surface area contributed by atoms with E-state index in [2.05, 4.69) is 11.6 Å². The van der Waals surface area contributed by atoms with Crippen LogP contribution in [0, 0.1) is 11.6 Å². The largest absolute Gasteiger partial charge is 0.369 e. The van der Waals surface area contributed by atoms with Gasteiger partial charge in [0.1, 0.15) is 6.61 Å². The Hall–Kier alpha value is -1.81. The third-order valence-electron chi connectivity index (χ3n) is 2.85. The summed E-state index contributed by atoms with van der Waals surface area (Å²) in [6, 6.07) is 18.8. The van der Waals surface area contributed by atoms with Crippen molar-refractivity contribution >= 4 is 17.8 Å². The van der Waals surface area contributed by atoms with Gasteiger partial charge in [-0.25, -0.2) is 0 Å². The molecule has 0 aliphatic rings. The highest BCUT2D eigenvalue weighted by Gasteiger charge is 2.24. The number of hydrogen-bond donors (Lipinski definition) is 0. The van der Waals surface area contributed by atoms with Crippen molar-refractivity contribution in [3.05, 3.63) is 60.7 Å². The van der Waals surface area contributed by atoms with Crippen molar-refractivity contribution in [3.63, 3.8) is 0 Å². The summed E-state index contributed by atoms with van der Waals surface area (Å²) in [5, 5.41) is 1.52. The van der Waals surface area contributed by atoms with Crippen molar-refractivity contribution in [2.75, 3.05) is 13.2 Å². The lowest BCUT2D eigenvalue weighted by atomic mass is 10.4. The van der Waals surface area contributed by atoms with Crippen molar-refractivity contribution in [2.24, 2.45) is 0 Å². The lowest BCUT2D eigenvalue weighted by Gasteiger charge is -2.12. The van der Waals surface area contributed by atoms with Gasteiger partial charge in [0.2, 0.25) is 7.14 Å². The second-order valence-corrected chi connectivity index (χ2v) is 6.68. The second-order valence-electron chi connectivity index (χ2n) is 4.21. The summed E-state index contributed by atoms with van der Waals surface area (Å²) in [6.07, 6.45) is 0. The first kappa shape index (κ1) is 14.6. The molecular weight excluding hydrogens is 267 g/mol. The maximum absolute atomic E-state index is 13.4. The molecule has 2 rings (SSSR count). The summed E-state index contributed by atoms with van der Waals surface area (Å²) >= 11 is 0. The standard InChI is InChI=1S/C17H17O2P/c1-2-19-14-9-15-20(18,16-10-5-3-6-11-16)17-12-7-4-8-13-17/h3-8,10-13H,2,14H2,1H3. The average Bonchev–Trinajstić information content (AvgIpc) is 2.53. The molecule has 0 aliphatic heterocycles. The van der Waals surface area contributed by atoms with Crippen LogP contribution in [0.2, 0.25) is 0 Å². The Morgan fingerprint density at radius 1 is 0.950 bits per heavy atom. The van der Waals surface area contributed by atoms with Crippen LogP contribution in [0.3, 0.4) is 0 Å². The zero-order chi connectivity index (χ0) is 14.3. The molecule has 0 heterocycles. The monoisotopic (exact) mass is 284 g/mol. The molecule has 0 saturated carbocycles. The second kappa shape index (κ2) is 7.10. The molecule has 3 heteroatoms. The van der Waals surface area contributed by atoms with Gasteiger partial charge < -0.3 is 4.74 Å². The molecule has 0 radical (unpaired) electrons. The van der Waals surface area contributed by atoms with Gasteiger partial charge in [-0.05, 0) is 12.6 Å².